The third-order valence-electron chi connectivity index (χ3n) is 4.83. The number of carbonyl (C=O) groups excluding carboxylic acids is 1. The van der Waals surface area contributed by atoms with Crippen LogP contribution >= 0.6 is 23.5 Å². The van der Waals surface area contributed by atoms with Crippen LogP contribution in [0.1, 0.15) is 11.4 Å². The molecule has 0 N–H and O–H groups in total. The van der Waals surface area contributed by atoms with Crippen LogP contribution in [0.25, 0.3) is 11.8 Å². The van der Waals surface area contributed by atoms with E-state index in [4.69, 9.17) is 4.98 Å². The zero-order valence-corrected chi connectivity index (χ0v) is 19.7. The van der Waals surface area contributed by atoms with Gasteiger partial charge in [-0.3, -0.25) is 4.79 Å². The average molecular weight is 450 g/mol. The Morgan fingerprint density at radius 3 is 2.58 bits per heavy atom. The molecule has 0 spiro atoms. The van der Waals surface area contributed by atoms with Crippen molar-refractivity contribution in [1.29, 1.82) is 0 Å². The topological polar surface area (TPSA) is 40.3 Å². The molecule has 5 nitrogen and oxygen atoms in total. The van der Waals surface area contributed by atoms with Crippen LogP contribution in [0.3, 0.4) is 0 Å². The maximum Gasteiger partial charge on any atom is 0.372 e. The van der Waals surface area contributed by atoms with Crippen LogP contribution in [0.15, 0.2) is 75.7 Å². The van der Waals surface area contributed by atoms with E-state index in [1.807, 2.05) is 53.9 Å². The van der Waals surface area contributed by atoms with Gasteiger partial charge in [-0.1, -0.05) is 42.1 Å². The van der Waals surface area contributed by atoms with E-state index in [-0.39, 0.29) is 5.12 Å². The molecule has 0 radical (unpaired) electrons. The van der Waals surface area contributed by atoms with Crippen LogP contribution in [0, 0.1) is 6.92 Å². The van der Waals surface area contributed by atoms with Gasteiger partial charge in [-0.25, -0.2) is 0 Å². The van der Waals surface area contributed by atoms with Gasteiger partial charge in [-0.15, -0.1) is 0 Å². The first-order chi connectivity index (χ1) is 14.9. The number of anilines is 1. The van der Waals surface area contributed by atoms with Crippen LogP contribution in [-0.2, 0) is 4.79 Å². The molecule has 1 aliphatic rings. The number of thioether (sulfide) groups is 2. The molecular formula is C24H25N4OS2+. The lowest BCUT2D eigenvalue weighted by Crippen LogP contribution is -2.39. The van der Waals surface area contributed by atoms with Gasteiger partial charge in [0.1, 0.15) is 11.4 Å². The zero-order valence-electron chi connectivity index (χ0n) is 18.1. The summed E-state index contributed by atoms with van der Waals surface area (Å²) in [6, 6.07) is 20.5. The Morgan fingerprint density at radius 1 is 1.16 bits per heavy atom. The number of fused-ring (bicyclic) bond motifs is 1. The number of aromatic nitrogens is 2. The summed E-state index contributed by atoms with van der Waals surface area (Å²) in [5, 5.41) is 1.85. The fourth-order valence-corrected chi connectivity index (χ4v) is 5.54. The molecular weight excluding hydrogens is 424 g/mol. The fourth-order valence-electron chi connectivity index (χ4n) is 3.42. The summed E-state index contributed by atoms with van der Waals surface area (Å²) < 4.78 is 2.04. The van der Waals surface area contributed by atoms with Crippen LogP contribution in [0.5, 0.6) is 0 Å². The van der Waals surface area contributed by atoms with E-state index in [0.29, 0.717) is 11.7 Å². The molecule has 0 unspecified atom stereocenters. The Labute approximate surface area is 191 Å². The predicted molar refractivity (Wildman–Crippen MR) is 129 cm³/mol. The summed E-state index contributed by atoms with van der Waals surface area (Å²) in [7, 11) is 5.86. The van der Waals surface area contributed by atoms with Gasteiger partial charge >= 0.3 is 5.16 Å². The van der Waals surface area contributed by atoms with Crippen LogP contribution in [-0.4, -0.2) is 42.7 Å². The molecule has 158 valence electrons. The summed E-state index contributed by atoms with van der Waals surface area (Å²) in [4.78, 5) is 22.8. The van der Waals surface area contributed by atoms with Crippen LogP contribution in [0.4, 0.5) is 5.69 Å². The predicted octanol–water partition coefficient (Wildman–Crippen LogP) is 4.39. The normalized spacial score (nSPS) is 14.4. The molecule has 0 fully saturated rings. The summed E-state index contributed by atoms with van der Waals surface area (Å²) in [6.45, 7) is 2.41. The lowest BCUT2D eigenvalue weighted by Gasteiger charge is -2.13. The van der Waals surface area contributed by atoms with Gasteiger partial charge in [-0.2, -0.15) is 4.57 Å². The number of likely N-dealkylation sites (N-methyl/N-ethyl adjacent to an activating group) is 1. The highest BCUT2D eigenvalue weighted by atomic mass is 32.2. The molecule has 0 amide bonds. The minimum Gasteiger partial charge on any atom is -0.338 e. The first-order valence-corrected chi connectivity index (χ1v) is 11.6. The molecule has 2 heterocycles. The smallest absolute Gasteiger partial charge is 0.338 e. The Bertz CT molecular complexity index is 1150. The lowest BCUT2D eigenvalue weighted by atomic mass is 10.2. The van der Waals surface area contributed by atoms with Gasteiger partial charge in [0.25, 0.3) is 0 Å². The zero-order chi connectivity index (χ0) is 22.0. The summed E-state index contributed by atoms with van der Waals surface area (Å²) in [5.74, 6) is 0. The third kappa shape index (κ3) is 4.84. The average Bonchev–Trinajstić information content (AvgIpc) is 3.03. The minimum absolute atomic E-state index is 0.0612. The summed E-state index contributed by atoms with van der Waals surface area (Å²) in [5.41, 5.74) is 4.05. The number of carbonyl (C=O) groups is 1. The lowest BCUT2D eigenvalue weighted by molar-refractivity contribution is -0.647. The quantitative estimate of drug-likeness (QED) is 0.327. The molecule has 0 bridgehead atoms. The molecule has 7 heteroatoms. The van der Waals surface area contributed by atoms with Crippen molar-refractivity contribution < 1.29 is 9.36 Å². The highest BCUT2D eigenvalue weighted by Crippen LogP contribution is 2.45. The minimum atomic E-state index is 0.0612. The standard InChI is InChI=1S/C24H25N4OS2/c1-17-14-18(15-22-27(4)20-12-8-9-13-21(20)30-22)25-24(31-23(29)16-26(2)3)28(17)19-10-6-5-7-11-19/h5-15H,16H2,1-4H3/q+1. The Hall–Kier alpha value is -2.61. The first-order valence-electron chi connectivity index (χ1n) is 9.99. The molecule has 31 heavy (non-hydrogen) atoms. The Balaban J connectivity index is 1.74. The molecule has 4 rings (SSSR count). The number of para-hydroxylation sites is 2. The number of hydrogen-bond acceptors (Lipinski definition) is 6. The molecule has 2 aromatic carbocycles. The van der Waals surface area contributed by atoms with Crippen molar-refractivity contribution in [1.82, 2.24) is 9.88 Å². The third-order valence-corrected chi connectivity index (χ3v) is 6.81. The van der Waals surface area contributed by atoms with Crippen molar-refractivity contribution in [3.8, 4) is 5.69 Å². The second-order valence-electron chi connectivity index (χ2n) is 7.60. The van der Waals surface area contributed by atoms with Crippen LogP contribution in [0.2, 0.25) is 0 Å². The number of aryl methyl sites for hydroxylation is 1. The number of nitrogens with zero attached hydrogens (tertiary/aromatic N) is 4. The number of rotatable bonds is 5. The van der Waals surface area contributed by atoms with E-state index in [1.165, 1.54) is 22.3 Å². The number of hydrogen-bond donors (Lipinski definition) is 0. The molecule has 1 aromatic heterocycles. The maximum atomic E-state index is 12.6. The van der Waals surface area contributed by atoms with Crippen LogP contribution < -0.4 is 9.47 Å². The van der Waals surface area contributed by atoms with E-state index in [9.17, 15) is 4.79 Å². The van der Waals surface area contributed by atoms with Gasteiger partial charge in [0, 0.05) is 35.8 Å². The van der Waals surface area contributed by atoms with Gasteiger partial charge < -0.3 is 9.80 Å². The van der Waals surface area contributed by atoms with Crippen molar-refractivity contribution in [2.24, 2.45) is 0 Å². The van der Waals surface area contributed by atoms with E-state index in [1.54, 1.807) is 11.8 Å². The fraction of sp³-hybridized carbons (Fsp3) is 0.208. The highest BCUT2D eigenvalue weighted by Gasteiger charge is 2.26. The van der Waals surface area contributed by atoms with Crippen molar-refractivity contribution in [2.75, 3.05) is 32.6 Å². The van der Waals surface area contributed by atoms with Crippen molar-refractivity contribution in [2.45, 2.75) is 17.0 Å². The molecule has 0 saturated carbocycles. The Kier molecular flexibility index (Phi) is 6.46. The largest absolute Gasteiger partial charge is 0.372 e. The van der Waals surface area contributed by atoms with E-state index in [2.05, 4.69) is 55.3 Å². The van der Waals surface area contributed by atoms with E-state index >= 15 is 0 Å². The van der Waals surface area contributed by atoms with Gasteiger partial charge in [0.15, 0.2) is 5.69 Å². The highest BCUT2D eigenvalue weighted by molar-refractivity contribution is 8.13. The van der Waals surface area contributed by atoms with Gasteiger partial charge in [0.2, 0.25) is 5.12 Å². The summed E-state index contributed by atoms with van der Waals surface area (Å²) in [6.07, 6.45) is 2.09. The van der Waals surface area contributed by atoms with Crippen molar-refractivity contribution in [3.63, 3.8) is 0 Å². The number of benzene rings is 2. The van der Waals surface area contributed by atoms with E-state index in [0.717, 1.165) is 22.1 Å². The summed E-state index contributed by atoms with van der Waals surface area (Å²) >= 11 is 2.92. The molecule has 0 saturated heterocycles. The second kappa shape index (κ2) is 9.26. The molecule has 1 aliphatic heterocycles. The van der Waals surface area contributed by atoms with Gasteiger partial charge in [-0.05, 0) is 50.3 Å². The van der Waals surface area contributed by atoms with Crippen molar-refractivity contribution in [3.05, 3.63) is 77.1 Å². The van der Waals surface area contributed by atoms with Gasteiger partial charge in [0.05, 0.1) is 17.3 Å². The monoisotopic (exact) mass is 449 g/mol. The SMILES string of the molecule is Cc1cc(/C=C2\Sc3ccccc3N2C)nc(SC(=O)CN(C)C)[n+]1-c1ccccc1. The first kappa shape index (κ1) is 21.6. The second-order valence-corrected chi connectivity index (χ2v) is 9.69. The van der Waals surface area contributed by atoms with Crippen molar-refractivity contribution >= 4 is 40.4 Å². The molecule has 0 aliphatic carbocycles. The molecule has 3 aromatic rings. The Morgan fingerprint density at radius 2 is 1.87 bits per heavy atom. The maximum absolute atomic E-state index is 12.6. The molecule has 0 atom stereocenters. The van der Waals surface area contributed by atoms with E-state index < -0.39 is 0 Å².